The Balaban J connectivity index is 2.76. The van der Waals surface area contributed by atoms with Gasteiger partial charge in [0.25, 0.3) is 0 Å². The van der Waals surface area contributed by atoms with Crippen molar-refractivity contribution in [2.45, 2.75) is 39.3 Å². The van der Waals surface area contributed by atoms with E-state index in [4.69, 9.17) is 5.11 Å². The van der Waals surface area contributed by atoms with E-state index in [0.717, 1.165) is 12.0 Å². The number of aliphatic hydroxyl groups is 1. The summed E-state index contributed by atoms with van der Waals surface area (Å²) in [5.74, 6) is -0.164. The third kappa shape index (κ3) is 4.64. The lowest BCUT2D eigenvalue weighted by molar-refractivity contribution is 0.342. The van der Waals surface area contributed by atoms with Crippen molar-refractivity contribution in [3.8, 4) is 0 Å². The van der Waals surface area contributed by atoms with Crippen molar-refractivity contribution < 1.29 is 9.50 Å². The Kier molecular flexibility index (Phi) is 6.51. The van der Waals surface area contributed by atoms with Gasteiger partial charge in [-0.05, 0) is 30.0 Å². The largest absolute Gasteiger partial charge is 0.392 e. The first-order valence-corrected chi connectivity index (χ1v) is 6.77. The molecule has 0 saturated heterocycles. The van der Waals surface area contributed by atoms with Crippen LogP contribution in [0.2, 0.25) is 0 Å². The molecule has 0 bridgehead atoms. The zero-order valence-corrected chi connectivity index (χ0v) is 11.9. The second kappa shape index (κ2) is 7.90. The van der Waals surface area contributed by atoms with Crippen LogP contribution >= 0.6 is 0 Å². The molecule has 1 rings (SSSR count). The summed E-state index contributed by atoms with van der Waals surface area (Å²) in [6.07, 6.45) is 6.39. The Labute approximate surface area is 115 Å². The van der Waals surface area contributed by atoms with E-state index in [0.29, 0.717) is 0 Å². The molecule has 0 amide bonds. The first kappa shape index (κ1) is 15.6. The van der Waals surface area contributed by atoms with Crippen molar-refractivity contribution in [2.24, 2.45) is 0 Å². The van der Waals surface area contributed by atoms with Gasteiger partial charge in [-0.3, -0.25) is 0 Å². The number of aliphatic hydroxyl groups excluding tert-OH is 1. The number of halogens is 1. The molecule has 0 spiro atoms. The average molecular weight is 262 g/mol. The first-order chi connectivity index (χ1) is 9.10. The highest BCUT2D eigenvalue weighted by molar-refractivity contribution is 5.33. The van der Waals surface area contributed by atoms with Crippen molar-refractivity contribution in [3.63, 3.8) is 0 Å². The SMILES string of the molecule is CCc1ccc(C(C)C(F)/C=C\C=C/CO)cc1C. The molecule has 2 atom stereocenters. The van der Waals surface area contributed by atoms with Gasteiger partial charge in [-0.2, -0.15) is 0 Å². The van der Waals surface area contributed by atoms with Crippen LogP contribution in [0.1, 0.15) is 36.5 Å². The summed E-state index contributed by atoms with van der Waals surface area (Å²) >= 11 is 0. The first-order valence-electron chi connectivity index (χ1n) is 6.77. The summed E-state index contributed by atoms with van der Waals surface area (Å²) in [6, 6.07) is 6.18. The van der Waals surface area contributed by atoms with Gasteiger partial charge in [0.1, 0.15) is 6.17 Å². The average Bonchev–Trinajstić information content (AvgIpc) is 2.42. The van der Waals surface area contributed by atoms with Crippen molar-refractivity contribution in [3.05, 3.63) is 59.2 Å². The molecule has 0 aliphatic heterocycles. The molecule has 1 aromatic rings. The number of hydrogen-bond donors (Lipinski definition) is 1. The minimum atomic E-state index is -1.02. The minimum absolute atomic E-state index is 0.0193. The fourth-order valence-corrected chi connectivity index (χ4v) is 2.06. The lowest BCUT2D eigenvalue weighted by Crippen LogP contribution is -2.08. The van der Waals surface area contributed by atoms with Gasteiger partial charge >= 0.3 is 0 Å². The number of rotatable bonds is 6. The molecule has 1 nitrogen and oxygen atoms in total. The molecule has 0 heterocycles. The fraction of sp³-hybridized carbons (Fsp3) is 0.412. The second-order valence-electron chi connectivity index (χ2n) is 4.77. The molecule has 0 radical (unpaired) electrons. The van der Waals surface area contributed by atoms with Crippen LogP contribution in [0.25, 0.3) is 0 Å². The van der Waals surface area contributed by atoms with E-state index in [1.54, 1.807) is 18.2 Å². The lowest BCUT2D eigenvalue weighted by atomic mass is 9.92. The van der Waals surface area contributed by atoms with Crippen LogP contribution in [0, 0.1) is 6.92 Å². The summed E-state index contributed by atoms with van der Waals surface area (Å²) in [4.78, 5) is 0. The number of aryl methyl sites for hydroxylation is 2. The summed E-state index contributed by atoms with van der Waals surface area (Å²) in [6.45, 7) is 6.07. The molecule has 104 valence electrons. The van der Waals surface area contributed by atoms with Crippen LogP contribution < -0.4 is 0 Å². The van der Waals surface area contributed by atoms with Crippen molar-refractivity contribution >= 4 is 0 Å². The number of allylic oxidation sites excluding steroid dienone is 3. The smallest absolute Gasteiger partial charge is 0.125 e. The number of hydrogen-bond acceptors (Lipinski definition) is 1. The number of benzene rings is 1. The van der Waals surface area contributed by atoms with Crippen LogP contribution in [0.15, 0.2) is 42.5 Å². The van der Waals surface area contributed by atoms with Crippen LogP contribution in [-0.2, 0) is 6.42 Å². The quantitative estimate of drug-likeness (QED) is 0.765. The predicted octanol–water partition coefficient (Wildman–Crippen LogP) is 4.10. The third-order valence-corrected chi connectivity index (χ3v) is 3.40. The lowest BCUT2D eigenvalue weighted by Gasteiger charge is -2.16. The standard InChI is InChI=1S/C17H23FO/c1-4-15-9-10-16(12-13(15)2)14(3)17(18)8-6-5-7-11-19/h5-10,12,14,17,19H,4,11H2,1-3H3/b7-5-,8-6-. The molecule has 19 heavy (non-hydrogen) atoms. The molecule has 2 heteroatoms. The summed E-state index contributed by atoms with van der Waals surface area (Å²) in [7, 11) is 0. The van der Waals surface area contributed by atoms with Gasteiger partial charge < -0.3 is 5.11 Å². The normalized spacial score (nSPS) is 15.2. The summed E-state index contributed by atoms with van der Waals surface area (Å²) in [5, 5.41) is 8.58. The monoisotopic (exact) mass is 262 g/mol. The van der Waals surface area contributed by atoms with E-state index >= 15 is 0 Å². The molecule has 0 saturated carbocycles. The Bertz CT molecular complexity index is 449. The highest BCUT2D eigenvalue weighted by atomic mass is 19.1. The van der Waals surface area contributed by atoms with Crippen LogP contribution in [0.4, 0.5) is 4.39 Å². The maximum absolute atomic E-state index is 14.0. The highest BCUT2D eigenvalue weighted by Gasteiger charge is 2.15. The maximum Gasteiger partial charge on any atom is 0.125 e. The Morgan fingerprint density at radius 1 is 1.32 bits per heavy atom. The molecule has 2 unspecified atom stereocenters. The molecule has 0 fully saturated rings. The van der Waals surface area contributed by atoms with Crippen LogP contribution in [0.3, 0.4) is 0 Å². The van der Waals surface area contributed by atoms with E-state index in [9.17, 15) is 4.39 Å². The molecular weight excluding hydrogens is 239 g/mol. The Morgan fingerprint density at radius 3 is 2.63 bits per heavy atom. The van der Waals surface area contributed by atoms with Crippen molar-refractivity contribution in [1.82, 2.24) is 0 Å². The maximum atomic E-state index is 14.0. The Morgan fingerprint density at radius 2 is 2.05 bits per heavy atom. The summed E-state index contributed by atoms with van der Waals surface area (Å²) in [5.41, 5.74) is 3.56. The molecule has 0 aliphatic rings. The van der Waals surface area contributed by atoms with E-state index < -0.39 is 6.17 Å². The van der Waals surface area contributed by atoms with Gasteiger partial charge in [-0.15, -0.1) is 0 Å². The zero-order valence-electron chi connectivity index (χ0n) is 11.9. The van der Waals surface area contributed by atoms with Gasteiger partial charge in [0.15, 0.2) is 0 Å². The summed E-state index contributed by atoms with van der Waals surface area (Å²) < 4.78 is 14.0. The number of alkyl halides is 1. The molecule has 1 N–H and O–H groups in total. The van der Waals surface area contributed by atoms with Gasteiger partial charge in [-0.25, -0.2) is 4.39 Å². The van der Waals surface area contributed by atoms with Gasteiger partial charge in [-0.1, -0.05) is 56.4 Å². The predicted molar refractivity (Wildman–Crippen MR) is 79.2 cm³/mol. The molecule has 0 aromatic heterocycles. The molecule has 1 aromatic carbocycles. The zero-order chi connectivity index (χ0) is 14.3. The van der Waals surface area contributed by atoms with Crippen LogP contribution in [0.5, 0.6) is 0 Å². The van der Waals surface area contributed by atoms with Gasteiger partial charge in [0.2, 0.25) is 0 Å². The van der Waals surface area contributed by atoms with Crippen molar-refractivity contribution in [1.29, 1.82) is 0 Å². The minimum Gasteiger partial charge on any atom is -0.392 e. The fourth-order valence-electron chi connectivity index (χ4n) is 2.06. The second-order valence-corrected chi connectivity index (χ2v) is 4.77. The molecular formula is C17H23FO. The van der Waals surface area contributed by atoms with Crippen LogP contribution in [-0.4, -0.2) is 17.9 Å². The van der Waals surface area contributed by atoms with Gasteiger partial charge in [0, 0.05) is 5.92 Å². The topological polar surface area (TPSA) is 20.2 Å². The third-order valence-electron chi connectivity index (χ3n) is 3.40. The van der Waals surface area contributed by atoms with Crippen molar-refractivity contribution in [2.75, 3.05) is 6.61 Å². The highest BCUT2D eigenvalue weighted by Crippen LogP contribution is 2.25. The van der Waals surface area contributed by atoms with Gasteiger partial charge in [0.05, 0.1) is 6.61 Å². The van der Waals surface area contributed by atoms with E-state index in [1.165, 1.54) is 17.2 Å². The Hall–Kier alpha value is -1.41. The van der Waals surface area contributed by atoms with E-state index in [1.807, 2.05) is 13.0 Å². The molecule has 0 aliphatic carbocycles. The van der Waals surface area contributed by atoms with E-state index in [-0.39, 0.29) is 12.5 Å². The van der Waals surface area contributed by atoms with E-state index in [2.05, 4.69) is 26.0 Å².